The fourth-order valence-electron chi connectivity index (χ4n) is 2.15. The Kier molecular flexibility index (Phi) is 7.17. The van der Waals surface area contributed by atoms with Crippen molar-refractivity contribution in [3.8, 4) is 0 Å². The van der Waals surface area contributed by atoms with E-state index in [1.807, 2.05) is 6.20 Å². The highest BCUT2D eigenvalue weighted by Crippen LogP contribution is 2.07. The minimum Gasteiger partial charge on any atom is -0.308 e. The Hall–Kier alpha value is -0.930. The van der Waals surface area contributed by atoms with Gasteiger partial charge in [-0.3, -0.25) is 9.88 Å². The van der Waals surface area contributed by atoms with E-state index in [2.05, 4.69) is 62.0 Å². The van der Waals surface area contributed by atoms with Crippen LogP contribution in [0.15, 0.2) is 18.3 Å². The quantitative estimate of drug-likeness (QED) is 0.787. The fraction of sp³-hybridized carbons (Fsp3) is 0.706. The highest BCUT2D eigenvalue weighted by atomic mass is 15.1. The minimum absolute atomic E-state index is 0.151. The van der Waals surface area contributed by atoms with Gasteiger partial charge in [-0.05, 0) is 58.3 Å². The second-order valence-corrected chi connectivity index (χ2v) is 6.54. The molecule has 114 valence electrons. The molecule has 0 radical (unpaired) electrons. The number of nitrogens with one attached hydrogen (secondary N) is 1. The first kappa shape index (κ1) is 17.1. The molecule has 0 bridgehead atoms. The SMILES string of the molecule is CCCN(CCC)Cc1ccc(CNC(C)(C)C)cn1. The molecule has 3 heteroatoms. The van der Waals surface area contributed by atoms with Crippen LogP contribution < -0.4 is 5.32 Å². The van der Waals surface area contributed by atoms with Crippen molar-refractivity contribution in [3.63, 3.8) is 0 Å². The van der Waals surface area contributed by atoms with Crippen LogP contribution in [-0.4, -0.2) is 28.5 Å². The van der Waals surface area contributed by atoms with Gasteiger partial charge in [-0.25, -0.2) is 0 Å². The average molecular weight is 277 g/mol. The van der Waals surface area contributed by atoms with Crippen LogP contribution in [0.1, 0.15) is 58.7 Å². The lowest BCUT2D eigenvalue weighted by atomic mass is 10.1. The van der Waals surface area contributed by atoms with Crippen molar-refractivity contribution in [3.05, 3.63) is 29.6 Å². The van der Waals surface area contributed by atoms with Gasteiger partial charge in [0.05, 0.1) is 5.69 Å². The summed E-state index contributed by atoms with van der Waals surface area (Å²) in [6.07, 6.45) is 4.41. The summed E-state index contributed by atoms with van der Waals surface area (Å²) in [5, 5.41) is 3.49. The number of rotatable bonds is 8. The monoisotopic (exact) mass is 277 g/mol. The summed E-state index contributed by atoms with van der Waals surface area (Å²) in [6, 6.07) is 4.36. The van der Waals surface area contributed by atoms with Crippen molar-refractivity contribution in [2.45, 2.75) is 66.1 Å². The van der Waals surface area contributed by atoms with Crippen LogP contribution in [0.25, 0.3) is 0 Å². The predicted octanol–water partition coefficient (Wildman–Crippen LogP) is 3.59. The molecule has 0 aliphatic heterocycles. The van der Waals surface area contributed by atoms with Crippen molar-refractivity contribution in [1.29, 1.82) is 0 Å². The number of nitrogens with zero attached hydrogens (tertiary/aromatic N) is 2. The largest absolute Gasteiger partial charge is 0.308 e. The van der Waals surface area contributed by atoms with E-state index < -0.39 is 0 Å². The van der Waals surface area contributed by atoms with Crippen molar-refractivity contribution in [1.82, 2.24) is 15.2 Å². The van der Waals surface area contributed by atoms with E-state index in [-0.39, 0.29) is 5.54 Å². The molecule has 0 aliphatic carbocycles. The second-order valence-electron chi connectivity index (χ2n) is 6.54. The predicted molar refractivity (Wildman–Crippen MR) is 86.7 cm³/mol. The zero-order valence-corrected chi connectivity index (χ0v) is 13.9. The third kappa shape index (κ3) is 7.01. The third-order valence-electron chi connectivity index (χ3n) is 3.17. The lowest BCUT2D eigenvalue weighted by molar-refractivity contribution is 0.263. The summed E-state index contributed by atoms with van der Waals surface area (Å²) < 4.78 is 0. The van der Waals surface area contributed by atoms with Crippen LogP contribution in [0.5, 0.6) is 0 Å². The highest BCUT2D eigenvalue weighted by Gasteiger charge is 2.09. The number of hydrogen-bond acceptors (Lipinski definition) is 3. The van der Waals surface area contributed by atoms with Crippen LogP contribution in [0.3, 0.4) is 0 Å². The Labute approximate surface area is 124 Å². The van der Waals surface area contributed by atoms with Crippen LogP contribution in [0.2, 0.25) is 0 Å². The highest BCUT2D eigenvalue weighted by molar-refractivity contribution is 5.14. The molecule has 1 aromatic rings. The Morgan fingerprint density at radius 2 is 1.75 bits per heavy atom. The van der Waals surface area contributed by atoms with Crippen molar-refractivity contribution in [2.75, 3.05) is 13.1 Å². The smallest absolute Gasteiger partial charge is 0.0544 e. The first-order valence-electron chi connectivity index (χ1n) is 7.85. The summed E-state index contributed by atoms with van der Waals surface area (Å²) in [7, 11) is 0. The van der Waals surface area contributed by atoms with Crippen LogP contribution >= 0.6 is 0 Å². The summed E-state index contributed by atoms with van der Waals surface area (Å²) in [6.45, 7) is 15.2. The Balaban J connectivity index is 2.52. The summed E-state index contributed by atoms with van der Waals surface area (Å²) >= 11 is 0. The molecular weight excluding hydrogens is 246 g/mol. The fourth-order valence-corrected chi connectivity index (χ4v) is 2.15. The van der Waals surface area contributed by atoms with Gasteiger partial charge in [0, 0.05) is 24.8 Å². The van der Waals surface area contributed by atoms with Gasteiger partial charge in [0.2, 0.25) is 0 Å². The first-order chi connectivity index (χ1) is 9.44. The first-order valence-corrected chi connectivity index (χ1v) is 7.85. The molecule has 0 fully saturated rings. The molecule has 0 amide bonds. The van der Waals surface area contributed by atoms with Gasteiger partial charge in [0.15, 0.2) is 0 Å². The van der Waals surface area contributed by atoms with Gasteiger partial charge in [0.1, 0.15) is 0 Å². The Bertz CT molecular complexity index is 359. The standard InChI is InChI=1S/C17H31N3/c1-6-10-20(11-7-2)14-16-9-8-15(12-18-16)13-19-17(3,4)5/h8-9,12,19H,6-7,10-11,13-14H2,1-5H3. The van der Waals surface area contributed by atoms with E-state index in [0.717, 1.165) is 26.2 Å². The minimum atomic E-state index is 0.151. The molecule has 20 heavy (non-hydrogen) atoms. The van der Waals surface area contributed by atoms with E-state index in [1.165, 1.54) is 24.1 Å². The molecule has 0 spiro atoms. The molecule has 0 aromatic carbocycles. The molecule has 0 aliphatic rings. The van der Waals surface area contributed by atoms with E-state index in [1.54, 1.807) is 0 Å². The van der Waals surface area contributed by atoms with Crippen LogP contribution in [0.4, 0.5) is 0 Å². The Morgan fingerprint density at radius 1 is 1.10 bits per heavy atom. The van der Waals surface area contributed by atoms with Gasteiger partial charge >= 0.3 is 0 Å². The normalized spacial score (nSPS) is 12.1. The van der Waals surface area contributed by atoms with Gasteiger partial charge in [0.25, 0.3) is 0 Å². The summed E-state index contributed by atoms with van der Waals surface area (Å²) in [5.74, 6) is 0. The van der Waals surface area contributed by atoms with E-state index >= 15 is 0 Å². The molecule has 1 rings (SSSR count). The zero-order valence-electron chi connectivity index (χ0n) is 13.9. The molecule has 1 N–H and O–H groups in total. The van der Waals surface area contributed by atoms with Crippen molar-refractivity contribution in [2.24, 2.45) is 0 Å². The van der Waals surface area contributed by atoms with Crippen LogP contribution in [-0.2, 0) is 13.1 Å². The molecular formula is C17H31N3. The van der Waals surface area contributed by atoms with Gasteiger partial charge in [-0.15, -0.1) is 0 Å². The maximum atomic E-state index is 4.60. The van der Waals surface area contributed by atoms with Crippen molar-refractivity contribution >= 4 is 0 Å². The lowest BCUT2D eigenvalue weighted by Crippen LogP contribution is -2.35. The molecule has 3 nitrogen and oxygen atoms in total. The molecule has 1 aromatic heterocycles. The van der Waals surface area contributed by atoms with E-state index in [4.69, 9.17) is 0 Å². The number of aromatic nitrogens is 1. The zero-order chi connectivity index (χ0) is 15.0. The number of hydrogen-bond donors (Lipinski definition) is 1. The molecule has 1 heterocycles. The maximum Gasteiger partial charge on any atom is 0.0544 e. The van der Waals surface area contributed by atoms with Crippen LogP contribution in [0, 0.1) is 0 Å². The summed E-state index contributed by atoms with van der Waals surface area (Å²) in [4.78, 5) is 7.08. The lowest BCUT2D eigenvalue weighted by Gasteiger charge is -2.21. The molecule has 0 unspecified atom stereocenters. The topological polar surface area (TPSA) is 28.2 Å². The average Bonchev–Trinajstić information content (AvgIpc) is 2.38. The molecule has 0 saturated carbocycles. The van der Waals surface area contributed by atoms with Gasteiger partial charge < -0.3 is 5.32 Å². The molecule has 0 atom stereocenters. The maximum absolute atomic E-state index is 4.60. The molecule has 0 saturated heterocycles. The van der Waals surface area contributed by atoms with Gasteiger partial charge in [-0.1, -0.05) is 19.9 Å². The third-order valence-corrected chi connectivity index (χ3v) is 3.17. The second kappa shape index (κ2) is 8.38. The van der Waals surface area contributed by atoms with Crippen molar-refractivity contribution < 1.29 is 0 Å². The van der Waals surface area contributed by atoms with E-state index in [9.17, 15) is 0 Å². The number of pyridine rings is 1. The van der Waals surface area contributed by atoms with E-state index in [0.29, 0.717) is 0 Å². The Morgan fingerprint density at radius 3 is 2.20 bits per heavy atom. The summed E-state index contributed by atoms with van der Waals surface area (Å²) in [5.41, 5.74) is 2.57. The van der Waals surface area contributed by atoms with Gasteiger partial charge in [-0.2, -0.15) is 0 Å².